The van der Waals surface area contributed by atoms with Crippen molar-refractivity contribution in [1.82, 2.24) is 34.3 Å². The molecule has 7 rings (SSSR count). The first-order chi connectivity index (χ1) is 19.6. The SMILES string of the molecule is C[C@@H](c1nc2c(C(F)(F)F)cn(-c3cc(-c4ccc(F)cc4-c4nncn4C)cc(C4CC4)n3)c(=O)c2[nH]1)C1CC1. The molecule has 0 saturated heterocycles. The van der Waals surface area contributed by atoms with Gasteiger partial charge in [0, 0.05) is 36.3 Å². The first kappa shape index (κ1) is 25.6. The Balaban J connectivity index is 1.45. The van der Waals surface area contributed by atoms with E-state index >= 15 is 0 Å². The lowest BCUT2D eigenvalue weighted by Crippen LogP contribution is -2.23. The number of nitrogens with zero attached hydrogens (tertiary/aromatic N) is 6. The molecule has 0 radical (unpaired) electrons. The number of aromatic amines is 1. The lowest BCUT2D eigenvalue weighted by molar-refractivity contribution is -0.136. The molecule has 0 aliphatic heterocycles. The third-order valence-electron chi connectivity index (χ3n) is 8.05. The van der Waals surface area contributed by atoms with Crippen LogP contribution in [0.4, 0.5) is 17.6 Å². The molecule has 41 heavy (non-hydrogen) atoms. The van der Waals surface area contributed by atoms with Crippen LogP contribution in [0.1, 0.15) is 61.5 Å². The second-order valence-corrected chi connectivity index (χ2v) is 11.1. The summed E-state index contributed by atoms with van der Waals surface area (Å²) in [6.07, 6.45) is 1.24. The van der Waals surface area contributed by atoms with E-state index in [0.29, 0.717) is 40.0 Å². The molecule has 0 amide bonds. The number of halogens is 4. The number of nitrogens with one attached hydrogen (secondary N) is 1. The largest absolute Gasteiger partial charge is 0.419 e. The van der Waals surface area contributed by atoms with Crippen molar-refractivity contribution in [2.75, 3.05) is 0 Å². The van der Waals surface area contributed by atoms with E-state index in [2.05, 4.69) is 25.1 Å². The third kappa shape index (κ3) is 4.51. The lowest BCUT2D eigenvalue weighted by atomic mass is 9.98. The van der Waals surface area contributed by atoms with Gasteiger partial charge in [-0.15, -0.1) is 10.2 Å². The fourth-order valence-electron chi connectivity index (χ4n) is 5.41. The monoisotopic (exact) mass is 563 g/mol. The average molecular weight is 564 g/mol. The molecule has 2 aliphatic rings. The number of rotatable bonds is 6. The maximum Gasteiger partial charge on any atom is 0.419 e. The fraction of sp³-hybridized carbons (Fsp3) is 0.345. The maximum atomic E-state index is 14.4. The Morgan fingerprint density at radius 2 is 1.83 bits per heavy atom. The van der Waals surface area contributed by atoms with Crippen LogP contribution in [0.15, 0.2) is 47.7 Å². The van der Waals surface area contributed by atoms with Gasteiger partial charge in [0.1, 0.15) is 40.4 Å². The molecule has 2 fully saturated rings. The number of pyridine rings is 2. The summed E-state index contributed by atoms with van der Waals surface area (Å²) in [5.41, 5.74) is -0.0163. The van der Waals surface area contributed by atoms with Crippen LogP contribution >= 0.6 is 0 Å². The molecule has 4 aromatic heterocycles. The lowest BCUT2D eigenvalue weighted by Gasteiger charge is -2.15. The average Bonchev–Trinajstić information content (AvgIpc) is 3.86. The van der Waals surface area contributed by atoms with E-state index in [9.17, 15) is 22.4 Å². The molecular formula is C29H25F4N7O. The number of H-pyrrole nitrogens is 1. The summed E-state index contributed by atoms with van der Waals surface area (Å²) >= 11 is 0. The van der Waals surface area contributed by atoms with Gasteiger partial charge in [-0.1, -0.05) is 13.0 Å². The Kier molecular flexibility index (Phi) is 5.67. The number of alkyl halides is 3. The van der Waals surface area contributed by atoms with E-state index < -0.39 is 23.1 Å². The minimum Gasteiger partial charge on any atom is -0.337 e. The number of imidazole rings is 1. The zero-order chi connectivity index (χ0) is 28.6. The molecular weight excluding hydrogens is 538 g/mol. The third-order valence-corrected chi connectivity index (χ3v) is 8.05. The van der Waals surface area contributed by atoms with Crippen molar-refractivity contribution in [2.45, 2.75) is 50.6 Å². The Morgan fingerprint density at radius 1 is 1.05 bits per heavy atom. The van der Waals surface area contributed by atoms with Crippen molar-refractivity contribution in [2.24, 2.45) is 13.0 Å². The van der Waals surface area contributed by atoms with Gasteiger partial charge in [-0.25, -0.2) is 14.4 Å². The van der Waals surface area contributed by atoms with Gasteiger partial charge in [0.25, 0.3) is 5.56 Å². The van der Waals surface area contributed by atoms with Crippen LogP contribution in [-0.2, 0) is 13.2 Å². The van der Waals surface area contributed by atoms with Crippen molar-refractivity contribution in [3.63, 3.8) is 0 Å². The van der Waals surface area contributed by atoms with Gasteiger partial charge in [0.05, 0.1) is 0 Å². The van der Waals surface area contributed by atoms with Crippen molar-refractivity contribution in [3.05, 3.63) is 76.1 Å². The molecule has 5 aromatic rings. The van der Waals surface area contributed by atoms with Gasteiger partial charge in [-0.3, -0.25) is 9.36 Å². The van der Waals surface area contributed by atoms with E-state index in [4.69, 9.17) is 0 Å². The second kappa shape index (κ2) is 9.08. The van der Waals surface area contributed by atoms with Gasteiger partial charge in [0.15, 0.2) is 5.82 Å². The highest BCUT2D eigenvalue weighted by Crippen LogP contribution is 2.43. The van der Waals surface area contributed by atoms with Gasteiger partial charge in [0.2, 0.25) is 0 Å². The summed E-state index contributed by atoms with van der Waals surface area (Å²) in [5, 5.41) is 8.03. The molecule has 2 aliphatic carbocycles. The first-order valence-electron chi connectivity index (χ1n) is 13.5. The van der Waals surface area contributed by atoms with Crippen molar-refractivity contribution < 1.29 is 17.6 Å². The van der Waals surface area contributed by atoms with Gasteiger partial charge in [-0.2, -0.15) is 13.2 Å². The quantitative estimate of drug-likeness (QED) is 0.251. The maximum absolute atomic E-state index is 14.4. The number of aryl methyl sites for hydroxylation is 1. The molecule has 0 unspecified atom stereocenters. The van der Waals surface area contributed by atoms with E-state index in [1.807, 2.05) is 13.0 Å². The Labute approximate surface area is 231 Å². The number of hydrogen-bond donors (Lipinski definition) is 1. The second-order valence-electron chi connectivity index (χ2n) is 11.1. The summed E-state index contributed by atoms with van der Waals surface area (Å²) in [6, 6.07) is 7.62. The van der Waals surface area contributed by atoms with Crippen molar-refractivity contribution in [3.8, 4) is 28.3 Å². The number of benzene rings is 1. The van der Waals surface area contributed by atoms with Crippen LogP contribution in [0.2, 0.25) is 0 Å². The van der Waals surface area contributed by atoms with Crippen LogP contribution in [0.25, 0.3) is 39.4 Å². The summed E-state index contributed by atoms with van der Waals surface area (Å²) in [4.78, 5) is 25.5. The number of aromatic nitrogens is 7. The zero-order valence-electron chi connectivity index (χ0n) is 22.2. The minimum absolute atomic E-state index is 0.0430. The number of fused-ring (bicyclic) bond motifs is 1. The van der Waals surface area contributed by atoms with Crippen LogP contribution < -0.4 is 5.56 Å². The van der Waals surface area contributed by atoms with Crippen molar-refractivity contribution in [1.29, 1.82) is 0 Å². The van der Waals surface area contributed by atoms with Crippen molar-refractivity contribution >= 4 is 11.0 Å². The summed E-state index contributed by atoms with van der Waals surface area (Å²) in [7, 11) is 1.73. The number of hydrogen-bond acceptors (Lipinski definition) is 5. The standard InChI is InChI=1S/C29H25F4N7O/c1-14(15-3-4-15)26-36-24-21(29(31,32)33)12-40(28(41)25(24)37-26)23-10-17(9-22(35-23)16-5-6-16)19-8-7-18(30)11-20(19)27-38-34-13-39(27)2/h7-16H,3-6H2,1-2H3,(H,36,37)/t14-/m1/s1. The zero-order valence-corrected chi connectivity index (χ0v) is 22.2. The Hall–Kier alpha value is -4.35. The molecule has 12 heteroatoms. The van der Waals surface area contributed by atoms with Crippen LogP contribution in [0.5, 0.6) is 0 Å². The highest BCUT2D eigenvalue weighted by Gasteiger charge is 2.38. The first-order valence-corrected chi connectivity index (χ1v) is 13.5. The predicted octanol–water partition coefficient (Wildman–Crippen LogP) is 6.12. The summed E-state index contributed by atoms with van der Waals surface area (Å²) in [5.74, 6) is 0.729. The summed E-state index contributed by atoms with van der Waals surface area (Å²) < 4.78 is 60.0. The predicted molar refractivity (Wildman–Crippen MR) is 143 cm³/mol. The topological polar surface area (TPSA) is 94.3 Å². The van der Waals surface area contributed by atoms with Gasteiger partial charge in [-0.05, 0) is 67.0 Å². The van der Waals surface area contributed by atoms with Crippen LogP contribution in [-0.4, -0.2) is 34.3 Å². The Bertz CT molecular complexity index is 1880. The van der Waals surface area contributed by atoms with Gasteiger partial charge < -0.3 is 9.55 Å². The van der Waals surface area contributed by atoms with E-state index in [-0.39, 0.29) is 28.7 Å². The molecule has 0 bridgehead atoms. The molecule has 2 saturated carbocycles. The normalized spacial score (nSPS) is 16.4. The van der Waals surface area contributed by atoms with E-state index in [1.165, 1.54) is 18.5 Å². The Morgan fingerprint density at radius 3 is 2.49 bits per heavy atom. The molecule has 1 aromatic carbocycles. The van der Waals surface area contributed by atoms with E-state index in [1.54, 1.807) is 23.7 Å². The fourth-order valence-corrected chi connectivity index (χ4v) is 5.41. The molecule has 8 nitrogen and oxygen atoms in total. The molecule has 0 spiro atoms. The summed E-state index contributed by atoms with van der Waals surface area (Å²) in [6.45, 7) is 1.91. The molecule has 1 N–H and O–H groups in total. The molecule has 1 atom stereocenters. The van der Waals surface area contributed by atoms with Gasteiger partial charge >= 0.3 is 6.18 Å². The minimum atomic E-state index is -4.75. The smallest absolute Gasteiger partial charge is 0.337 e. The van der Waals surface area contributed by atoms with E-state index in [0.717, 1.165) is 36.4 Å². The highest BCUT2D eigenvalue weighted by atomic mass is 19.4. The molecule has 4 heterocycles. The van der Waals surface area contributed by atoms with Crippen LogP contribution in [0.3, 0.4) is 0 Å². The highest BCUT2D eigenvalue weighted by molar-refractivity contribution is 5.82. The molecule has 210 valence electrons. The van der Waals surface area contributed by atoms with Crippen LogP contribution in [0, 0.1) is 11.7 Å².